The van der Waals surface area contributed by atoms with E-state index < -0.39 is 0 Å². The van der Waals surface area contributed by atoms with E-state index in [2.05, 4.69) is 29.4 Å². The zero-order valence-electron chi connectivity index (χ0n) is 12.7. The molecule has 0 radical (unpaired) electrons. The molecule has 1 amide bonds. The number of hydrogen-bond donors (Lipinski definition) is 2. The third kappa shape index (κ3) is 3.69. The SMILES string of the molecule is CNC(=O)C1CNCCN1C1CCCC(C)(C)CC1. The molecule has 1 heterocycles. The van der Waals surface area contributed by atoms with Gasteiger partial charge in [-0.3, -0.25) is 9.69 Å². The van der Waals surface area contributed by atoms with E-state index in [0.29, 0.717) is 11.5 Å². The number of hydrogen-bond acceptors (Lipinski definition) is 3. The molecule has 0 aromatic heterocycles. The molecule has 4 heteroatoms. The topological polar surface area (TPSA) is 44.4 Å². The van der Waals surface area contributed by atoms with Gasteiger partial charge >= 0.3 is 0 Å². The monoisotopic (exact) mass is 267 g/mol. The number of carbonyl (C=O) groups excluding carboxylic acids is 1. The highest BCUT2D eigenvalue weighted by atomic mass is 16.2. The minimum atomic E-state index is 0.0185. The van der Waals surface area contributed by atoms with Gasteiger partial charge in [0.15, 0.2) is 0 Å². The highest BCUT2D eigenvalue weighted by Gasteiger charge is 2.35. The molecule has 2 rings (SSSR count). The number of amides is 1. The van der Waals surface area contributed by atoms with Crippen LogP contribution in [0.15, 0.2) is 0 Å². The van der Waals surface area contributed by atoms with E-state index in [9.17, 15) is 4.79 Å². The molecule has 0 aromatic carbocycles. The third-order valence-electron chi connectivity index (χ3n) is 4.85. The van der Waals surface area contributed by atoms with Gasteiger partial charge in [0.1, 0.15) is 6.04 Å². The van der Waals surface area contributed by atoms with E-state index in [4.69, 9.17) is 0 Å². The fourth-order valence-corrected chi connectivity index (χ4v) is 3.54. The molecule has 2 fully saturated rings. The summed E-state index contributed by atoms with van der Waals surface area (Å²) in [6, 6.07) is 0.608. The molecule has 19 heavy (non-hydrogen) atoms. The first-order valence-electron chi connectivity index (χ1n) is 7.71. The van der Waals surface area contributed by atoms with Crippen LogP contribution in [-0.2, 0) is 4.79 Å². The van der Waals surface area contributed by atoms with Crippen molar-refractivity contribution < 1.29 is 4.79 Å². The first-order chi connectivity index (χ1) is 9.03. The Morgan fingerprint density at radius 2 is 2.11 bits per heavy atom. The average Bonchev–Trinajstić information content (AvgIpc) is 2.59. The van der Waals surface area contributed by atoms with Crippen LogP contribution in [0, 0.1) is 5.41 Å². The molecule has 0 bridgehead atoms. The molecule has 1 saturated carbocycles. The van der Waals surface area contributed by atoms with Crippen LogP contribution >= 0.6 is 0 Å². The van der Waals surface area contributed by atoms with Gasteiger partial charge in [-0.25, -0.2) is 0 Å². The van der Waals surface area contributed by atoms with Crippen molar-refractivity contribution in [1.82, 2.24) is 15.5 Å². The maximum atomic E-state index is 12.0. The number of rotatable bonds is 2. The summed E-state index contributed by atoms with van der Waals surface area (Å²) >= 11 is 0. The molecule has 4 nitrogen and oxygen atoms in total. The summed E-state index contributed by atoms with van der Waals surface area (Å²) < 4.78 is 0. The molecule has 2 N–H and O–H groups in total. The van der Waals surface area contributed by atoms with Crippen LogP contribution in [0.2, 0.25) is 0 Å². The summed E-state index contributed by atoms with van der Waals surface area (Å²) in [5.74, 6) is 0.163. The molecular weight excluding hydrogens is 238 g/mol. The lowest BCUT2D eigenvalue weighted by Crippen LogP contribution is -2.60. The van der Waals surface area contributed by atoms with Gasteiger partial charge in [-0.05, 0) is 31.1 Å². The number of nitrogens with one attached hydrogen (secondary N) is 2. The quantitative estimate of drug-likeness (QED) is 0.743. The summed E-state index contributed by atoms with van der Waals surface area (Å²) in [6.45, 7) is 7.56. The second-order valence-electron chi connectivity index (χ2n) is 6.82. The van der Waals surface area contributed by atoms with Gasteiger partial charge in [0, 0.05) is 32.7 Å². The van der Waals surface area contributed by atoms with Gasteiger partial charge in [0.05, 0.1) is 0 Å². The summed E-state index contributed by atoms with van der Waals surface area (Å²) in [4.78, 5) is 14.5. The van der Waals surface area contributed by atoms with Gasteiger partial charge in [0.2, 0.25) is 5.91 Å². The van der Waals surface area contributed by atoms with Crippen molar-refractivity contribution in [2.45, 2.75) is 58.0 Å². The molecule has 0 spiro atoms. The van der Waals surface area contributed by atoms with Gasteiger partial charge in [-0.1, -0.05) is 20.3 Å². The number of nitrogens with zero attached hydrogens (tertiary/aromatic N) is 1. The largest absolute Gasteiger partial charge is 0.358 e. The van der Waals surface area contributed by atoms with Crippen molar-refractivity contribution >= 4 is 5.91 Å². The smallest absolute Gasteiger partial charge is 0.238 e. The highest BCUT2D eigenvalue weighted by Crippen LogP contribution is 2.35. The third-order valence-corrected chi connectivity index (χ3v) is 4.85. The van der Waals surface area contributed by atoms with Gasteiger partial charge < -0.3 is 10.6 Å². The molecule has 2 atom stereocenters. The lowest BCUT2D eigenvalue weighted by molar-refractivity contribution is -0.127. The molecule has 110 valence electrons. The van der Waals surface area contributed by atoms with E-state index >= 15 is 0 Å². The Kier molecular flexibility index (Phi) is 4.85. The highest BCUT2D eigenvalue weighted by molar-refractivity contribution is 5.81. The molecule has 1 aliphatic carbocycles. The number of piperazine rings is 1. The zero-order chi connectivity index (χ0) is 13.9. The van der Waals surface area contributed by atoms with E-state index in [-0.39, 0.29) is 11.9 Å². The van der Waals surface area contributed by atoms with Crippen LogP contribution in [0.5, 0.6) is 0 Å². The fraction of sp³-hybridized carbons (Fsp3) is 0.933. The molecule has 0 aromatic rings. The van der Waals surface area contributed by atoms with E-state index in [1.54, 1.807) is 7.05 Å². The lowest BCUT2D eigenvalue weighted by atomic mass is 9.85. The normalized spacial score (nSPS) is 32.6. The molecule has 2 aliphatic rings. The van der Waals surface area contributed by atoms with Crippen molar-refractivity contribution in [3.05, 3.63) is 0 Å². The number of likely N-dealkylation sites (N-methyl/N-ethyl adjacent to an activating group) is 1. The van der Waals surface area contributed by atoms with Crippen molar-refractivity contribution in [3.63, 3.8) is 0 Å². The van der Waals surface area contributed by atoms with Crippen LogP contribution in [0.1, 0.15) is 46.0 Å². The summed E-state index contributed by atoms with van der Waals surface area (Å²) in [5.41, 5.74) is 0.477. The van der Waals surface area contributed by atoms with E-state index in [1.807, 2.05) is 0 Å². The summed E-state index contributed by atoms with van der Waals surface area (Å²) in [6.07, 6.45) is 6.38. The van der Waals surface area contributed by atoms with Crippen molar-refractivity contribution in [2.24, 2.45) is 5.41 Å². The Labute approximate surface area is 117 Å². The second-order valence-corrected chi connectivity index (χ2v) is 6.82. The Balaban J connectivity index is 2.03. The van der Waals surface area contributed by atoms with Crippen molar-refractivity contribution in [1.29, 1.82) is 0 Å². The van der Waals surface area contributed by atoms with Crippen molar-refractivity contribution in [2.75, 3.05) is 26.7 Å². The zero-order valence-corrected chi connectivity index (χ0v) is 12.7. The maximum absolute atomic E-state index is 12.0. The molecule has 2 unspecified atom stereocenters. The summed E-state index contributed by atoms with van der Waals surface area (Å²) in [5, 5.41) is 6.16. The first kappa shape index (κ1) is 14.8. The van der Waals surface area contributed by atoms with Crippen LogP contribution in [0.25, 0.3) is 0 Å². The van der Waals surface area contributed by atoms with Gasteiger partial charge in [-0.15, -0.1) is 0 Å². The first-order valence-corrected chi connectivity index (χ1v) is 7.71. The van der Waals surface area contributed by atoms with Gasteiger partial charge in [0.25, 0.3) is 0 Å². The lowest BCUT2D eigenvalue weighted by Gasteiger charge is -2.40. The standard InChI is InChI=1S/C15H29N3O/c1-15(2)7-4-5-12(6-8-15)18-10-9-17-11-13(18)14(19)16-3/h12-13,17H,4-11H2,1-3H3,(H,16,19). The molecular formula is C15H29N3O. The van der Waals surface area contributed by atoms with Gasteiger partial charge in [-0.2, -0.15) is 0 Å². The second kappa shape index (κ2) is 6.23. The van der Waals surface area contributed by atoms with Crippen LogP contribution < -0.4 is 10.6 Å². The maximum Gasteiger partial charge on any atom is 0.238 e. The Hall–Kier alpha value is -0.610. The Morgan fingerprint density at radius 3 is 2.84 bits per heavy atom. The fourth-order valence-electron chi connectivity index (χ4n) is 3.54. The van der Waals surface area contributed by atoms with Crippen molar-refractivity contribution in [3.8, 4) is 0 Å². The molecule has 1 saturated heterocycles. The Bertz CT molecular complexity index is 317. The number of carbonyl (C=O) groups is 1. The average molecular weight is 267 g/mol. The van der Waals surface area contributed by atoms with Crippen LogP contribution in [0.4, 0.5) is 0 Å². The van der Waals surface area contributed by atoms with E-state index in [1.165, 1.54) is 32.1 Å². The minimum Gasteiger partial charge on any atom is -0.358 e. The van der Waals surface area contributed by atoms with Crippen LogP contribution in [0.3, 0.4) is 0 Å². The van der Waals surface area contributed by atoms with Crippen LogP contribution in [-0.4, -0.2) is 49.6 Å². The predicted octanol–water partition coefficient (Wildman–Crippen LogP) is 1.37. The molecule has 1 aliphatic heterocycles. The Morgan fingerprint density at radius 1 is 1.32 bits per heavy atom. The van der Waals surface area contributed by atoms with E-state index in [0.717, 1.165) is 19.6 Å². The predicted molar refractivity (Wildman–Crippen MR) is 78.1 cm³/mol. The summed E-state index contributed by atoms with van der Waals surface area (Å²) in [7, 11) is 1.74. The minimum absolute atomic E-state index is 0.0185.